The van der Waals surface area contributed by atoms with Crippen LogP contribution in [0.4, 0.5) is 0 Å². The van der Waals surface area contributed by atoms with Gasteiger partial charge in [0.05, 0.1) is 13.2 Å². The van der Waals surface area contributed by atoms with Crippen molar-refractivity contribution >= 4 is 5.97 Å². The van der Waals surface area contributed by atoms with E-state index in [-0.39, 0.29) is 0 Å². The number of carbonyl (C=O) groups is 1. The summed E-state index contributed by atoms with van der Waals surface area (Å²) in [4.78, 5) is 11.1. The van der Waals surface area contributed by atoms with Crippen LogP contribution in [-0.2, 0) is 19.0 Å². The summed E-state index contributed by atoms with van der Waals surface area (Å²) in [6, 6.07) is 0. The van der Waals surface area contributed by atoms with Crippen LogP contribution in [0.5, 0.6) is 0 Å². The van der Waals surface area contributed by atoms with Crippen molar-refractivity contribution in [2.24, 2.45) is 0 Å². The van der Waals surface area contributed by atoms with Crippen LogP contribution in [0, 0.1) is 0 Å². The molecule has 0 spiro atoms. The van der Waals surface area contributed by atoms with Gasteiger partial charge in [0.2, 0.25) is 0 Å². The van der Waals surface area contributed by atoms with Crippen LogP contribution >= 0.6 is 0 Å². The van der Waals surface area contributed by atoms with Gasteiger partial charge >= 0.3 is 5.97 Å². The van der Waals surface area contributed by atoms with Crippen LogP contribution in [0.15, 0.2) is 0 Å². The Balaban J connectivity index is 3.53. The molecule has 0 heterocycles. The van der Waals surface area contributed by atoms with Crippen LogP contribution < -0.4 is 5.32 Å². The number of rotatable bonds is 13. The smallest absolute Gasteiger partial charge is 0.323 e. The Labute approximate surface area is 115 Å². The third-order valence-electron chi connectivity index (χ3n) is 2.79. The molecular formula is C13H27NO5. The highest BCUT2D eigenvalue weighted by atomic mass is 16.5. The fourth-order valence-electron chi connectivity index (χ4n) is 1.56. The number of aliphatic carboxylic acids is 1. The van der Waals surface area contributed by atoms with Gasteiger partial charge in [-0.3, -0.25) is 4.79 Å². The minimum atomic E-state index is -0.923. The molecule has 19 heavy (non-hydrogen) atoms. The molecule has 114 valence electrons. The molecule has 1 unspecified atom stereocenters. The second-order valence-electron chi connectivity index (χ2n) is 4.49. The number of carboxylic acids is 1. The molecule has 2 N–H and O–H groups in total. The maximum atomic E-state index is 11.1. The van der Waals surface area contributed by atoms with E-state index in [0.717, 1.165) is 6.42 Å². The van der Waals surface area contributed by atoms with E-state index >= 15 is 0 Å². The summed E-state index contributed by atoms with van der Waals surface area (Å²) in [7, 11) is 1.66. The number of hydrogen-bond acceptors (Lipinski definition) is 5. The van der Waals surface area contributed by atoms with Crippen molar-refractivity contribution in [3.8, 4) is 0 Å². The van der Waals surface area contributed by atoms with Crippen molar-refractivity contribution < 1.29 is 24.1 Å². The lowest BCUT2D eigenvalue weighted by Gasteiger charge is -2.25. The maximum Gasteiger partial charge on any atom is 0.323 e. The van der Waals surface area contributed by atoms with E-state index in [2.05, 4.69) is 5.32 Å². The molecule has 0 rings (SSSR count). The number of ether oxygens (including phenoxy) is 3. The van der Waals surface area contributed by atoms with Gasteiger partial charge in [0, 0.05) is 26.9 Å². The first-order chi connectivity index (χ1) is 9.06. The number of methoxy groups -OCH3 is 1. The van der Waals surface area contributed by atoms with Crippen molar-refractivity contribution in [3.05, 3.63) is 0 Å². The largest absolute Gasteiger partial charge is 0.480 e. The van der Waals surface area contributed by atoms with E-state index in [0.29, 0.717) is 46.0 Å². The molecule has 0 aromatic rings. The van der Waals surface area contributed by atoms with Crippen LogP contribution in [0.2, 0.25) is 0 Å². The van der Waals surface area contributed by atoms with E-state index in [4.69, 9.17) is 19.3 Å². The highest BCUT2D eigenvalue weighted by Gasteiger charge is 2.31. The van der Waals surface area contributed by atoms with Crippen molar-refractivity contribution in [2.45, 2.75) is 32.2 Å². The zero-order chi connectivity index (χ0) is 14.6. The van der Waals surface area contributed by atoms with Gasteiger partial charge in [-0.05, 0) is 26.3 Å². The summed E-state index contributed by atoms with van der Waals surface area (Å²) < 4.78 is 15.6. The molecule has 0 aromatic carbocycles. The predicted molar refractivity (Wildman–Crippen MR) is 72.5 cm³/mol. The molecule has 0 radical (unpaired) electrons. The fourth-order valence-corrected chi connectivity index (χ4v) is 1.56. The second-order valence-corrected chi connectivity index (χ2v) is 4.49. The molecule has 0 amide bonds. The van der Waals surface area contributed by atoms with E-state index in [9.17, 15) is 4.79 Å². The molecular weight excluding hydrogens is 250 g/mol. The molecule has 6 nitrogen and oxygen atoms in total. The summed E-state index contributed by atoms with van der Waals surface area (Å²) in [5.74, 6) is -0.853. The first-order valence-corrected chi connectivity index (χ1v) is 6.69. The zero-order valence-electron chi connectivity index (χ0n) is 12.2. The quantitative estimate of drug-likeness (QED) is 0.487. The van der Waals surface area contributed by atoms with Gasteiger partial charge in [0.25, 0.3) is 0 Å². The summed E-state index contributed by atoms with van der Waals surface area (Å²) in [5.41, 5.74) is -0.923. The monoisotopic (exact) mass is 277 g/mol. The van der Waals surface area contributed by atoms with Gasteiger partial charge < -0.3 is 24.6 Å². The summed E-state index contributed by atoms with van der Waals surface area (Å²) in [5, 5.41) is 12.1. The summed E-state index contributed by atoms with van der Waals surface area (Å²) >= 11 is 0. The van der Waals surface area contributed by atoms with Gasteiger partial charge in [-0.1, -0.05) is 6.92 Å². The molecule has 0 aromatic heterocycles. The Kier molecular flexibility index (Phi) is 10.8. The highest BCUT2D eigenvalue weighted by molar-refractivity contribution is 5.78. The minimum absolute atomic E-state index is 0.400. The highest BCUT2D eigenvalue weighted by Crippen LogP contribution is 2.09. The molecule has 0 aliphatic carbocycles. The Morgan fingerprint density at radius 2 is 1.79 bits per heavy atom. The van der Waals surface area contributed by atoms with Crippen molar-refractivity contribution in [3.63, 3.8) is 0 Å². The van der Waals surface area contributed by atoms with Crippen LogP contribution in [0.3, 0.4) is 0 Å². The predicted octanol–water partition coefficient (Wildman–Crippen LogP) is 0.899. The fraction of sp³-hybridized carbons (Fsp3) is 0.923. The van der Waals surface area contributed by atoms with Gasteiger partial charge in [0.15, 0.2) is 0 Å². The van der Waals surface area contributed by atoms with E-state index in [1.807, 2.05) is 6.92 Å². The molecule has 6 heteroatoms. The Morgan fingerprint density at radius 3 is 2.32 bits per heavy atom. The molecule has 0 fully saturated rings. The first-order valence-electron chi connectivity index (χ1n) is 6.69. The second kappa shape index (κ2) is 11.2. The first kappa shape index (κ1) is 18.3. The average Bonchev–Trinajstić information content (AvgIpc) is 2.37. The zero-order valence-corrected chi connectivity index (χ0v) is 12.2. The van der Waals surface area contributed by atoms with Crippen molar-refractivity contribution in [1.29, 1.82) is 0 Å². The minimum Gasteiger partial charge on any atom is -0.480 e. The Morgan fingerprint density at radius 1 is 1.16 bits per heavy atom. The number of carboxylic acid groups (broad SMARTS) is 1. The van der Waals surface area contributed by atoms with Crippen LogP contribution in [0.25, 0.3) is 0 Å². The lowest BCUT2D eigenvalue weighted by atomic mass is 9.99. The van der Waals surface area contributed by atoms with Crippen molar-refractivity contribution in [2.75, 3.05) is 46.7 Å². The van der Waals surface area contributed by atoms with E-state index in [1.165, 1.54) is 0 Å². The molecule has 0 aliphatic heterocycles. The van der Waals surface area contributed by atoms with E-state index < -0.39 is 11.5 Å². The third-order valence-corrected chi connectivity index (χ3v) is 2.79. The van der Waals surface area contributed by atoms with Gasteiger partial charge in [0.1, 0.15) is 5.54 Å². The Bertz CT molecular complexity index is 237. The molecule has 0 aliphatic rings. The SMILES string of the molecule is CCNC(C)(CCOCCOCCCOC)C(=O)O. The van der Waals surface area contributed by atoms with Gasteiger partial charge in [-0.25, -0.2) is 0 Å². The third kappa shape index (κ3) is 8.93. The topological polar surface area (TPSA) is 77.0 Å². The van der Waals surface area contributed by atoms with Crippen LogP contribution in [-0.4, -0.2) is 63.3 Å². The standard InChI is InChI=1S/C13H27NO5/c1-4-14-13(2,12(15)16)6-9-19-11-10-18-8-5-7-17-3/h14H,4-11H2,1-3H3,(H,15,16). The van der Waals surface area contributed by atoms with Crippen molar-refractivity contribution in [1.82, 2.24) is 5.32 Å². The maximum absolute atomic E-state index is 11.1. The average molecular weight is 277 g/mol. The molecule has 1 atom stereocenters. The van der Waals surface area contributed by atoms with Gasteiger partial charge in [-0.2, -0.15) is 0 Å². The van der Waals surface area contributed by atoms with Gasteiger partial charge in [-0.15, -0.1) is 0 Å². The Hall–Kier alpha value is -0.690. The summed E-state index contributed by atoms with van der Waals surface area (Å²) in [6.45, 7) is 6.92. The lowest BCUT2D eigenvalue weighted by Crippen LogP contribution is -2.50. The number of likely N-dealkylation sites (N-methyl/N-ethyl adjacent to an activating group) is 1. The molecule has 0 saturated carbocycles. The van der Waals surface area contributed by atoms with E-state index in [1.54, 1.807) is 14.0 Å². The molecule has 0 saturated heterocycles. The molecule has 0 bridgehead atoms. The summed E-state index contributed by atoms with van der Waals surface area (Å²) in [6.07, 6.45) is 1.30. The van der Waals surface area contributed by atoms with Crippen LogP contribution in [0.1, 0.15) is 26.7 Å². The number of nitrogens with one attached hydrogen (secondary N) is 1. The lowest BCUT2D eigenvalue weighted by molar-refractivity contribution is -0.145. The normalized spacial score (nSPS) is 14.3. The number of hydrogen-bond donors (Lipinski definition) is 2.